The number of aliphatic hydroxyl groups is 1. The van der Waals surface area contributed by atoms with Crippen molar-refractivity contribution in [2.75, 3.05) is 18.8 Å². The zero-order valence-electron chi connectivity index (χ0n) is 10.4. The lowest BCUT2D eigenvalue weighted by Gasteiger charge is -2.25. The van der Waals surface area contributed by atoms with Gasteiger partial charge in [-0.25, -0.2) is 0 Å². The molecule has 0 aliphatic carbocycles. The molecule has 112 valence electrons. The molecule has 0 saturated carbocycles. The number of rotatable bonds is 1. The molecule has 1 aromatic carbocycles. The number of carbonyl (C=O) groups excluding carboxylic acids is 1. The number of hydrogen-bond donors (Lipinski definition) is 2. The van der Waals surface area contributed by atoms with E-state index in [1.165, 1.54) is 24.3 Å². The summed E-state index contributed by atoms with van der Waals surface area (Å²) in [5.74, 6) is -0.542. The maximum Gasteiger partial charge on any atom is 0.419 e. The third kappa shape index (κ3) is 2.99. The average molecular weight is 311 g/mol. The van der Waals surface area contributed by atoms with Crippen molar-refractivity contribution in [3.8, 4) is 0 Å². The number of hydrogen-bond acceptors (Lipinski definition) is 3. The van der Waals surface area contributed by atoms with Gasteiger partial charge in [-0.05, 0) is 24.3 Å². The number of benzene rings is 1. The van der Waals surface area contributed by atoms with Crippen molar-refractivity contribution in [1.29, 1.82) is 0 Å². The molecule has 1 aromatic rings. The third-order valence-electron chi connectivity index (χ3n) is 3.22. The van der Waals surface area contributed by atoms with Crippen LogP contribution in [0.25, 0.3) is 0 Å². The van der Waals surface area contributed by atoms with Gasteiger partial charge in [0.1, 0.15) is 0 Å². The van der Waals surface area contributed by atoms with Crippen molar-refractivity contribution in [1.82, 2.24) is 4.90 Å². The van der Waals surface area contributed by atoms with Crippen molar-refractivity contribution in [2.24, 2.45) is 0 Å². The van der Waals surface area contributed by atoms with E-state index in [-0.39, 0.29) is 24.5 Å². The van der Waals surface area contributed by atoms with E-state index in [1.807, 2.05) is 0 Å². The first kappa shape index (κ1) is 16.6. The van der Waals surface area contributed by atoms with Crippen LogP contribution in [0.4, 0.5) is 18.9 Å². The number of β-amino-alcohol motifs (C(OH)–C–C–N with tert-alkyl or cyclic N) is 1. The summed E-state index contributed by atoms with van der Waals surface area (Å²) >= 11 is 0. The van der Waals surface area contributed by atoms with Crippen molar-refractivity contribution >= 4 is 24.0 Å². The number of halogens is 4. The lowest BCUT2D eigenvalue weighted by Crippen LogP contribution is -2.48. The molecule has 1 aliphatic heterocycles. The minimum atomic E-state index is -4.73. The van der Waals surface area contributed by atoms with E-state index in [9.17, 15) is 23.1 Å². The highest BCUT2D eigenvalue weighted by atomic mass is 35.5. The smallest absolute Gasteiger partial charge is 0.399 e. The first-order chi connectivity index (χ1) is 8.73. The minimum absolute atomic E-state index is 0. The number of nitrogens with two attached hydrogens (primary N) is 1. The van der Waals surface area contributed by atoms with Crippen LogP contribution in [0.5, 0.6) is 0 Å². The van der Waals surface area contributed by atoms with Crippen LogP contribution in [0.15, 0.2) is 24.3 Å². The Morgan fingerprint density at radius 2 is 1.85 bits per heavy atom. The number of alkyl halides is 3. The summed E-state index contributed by atoms with van der Waals surface area (Å²) in [6, 6.07) is 5.89. The van der Waals surface area contributed by atoms with E-state index < -0.39 is 30.7 Å². The number of carbonyl (C=O) groups is 1. The van der Waals surface area contributed by atoms with Gasteiger partial charge in [0.25, 0.3) is 5.91 Å². The molecule has 0 bridgehead atoms. The Labute approximate surface area is 119 Å². The molecule has 1 fully saturated rings. The molecule has 1 atom stereocenters. The summed E-state index contributed by atoms with van der Waals surface area (Å²) < 4.78 is 37.9. The third-order valence-corrected chi connectivity index (χ3v) is 3.22. The summed E-state index contributed by atoms with van der Waals surface area (Å²) in [4.78, 5) is 13.0. The number of likely N-dealkylation sites (tertiary alicyclic amines) is 1. The molecule has 3 N–H and O–H groups in total. The SMILES string of the molecule is Cl.Nc1ccc(C(=O)N2CCC(O)(C(F)(F)F)C2)cc1. The van der Waals surface area contributed by atoms with Crippen molar-refractivity contribution in [3.63, 3.8) is 0 Å². The van der Waals surface area contributed by atoms with Crippen molar-refractivity contribution in [3.05, 3.63) is 29.8 Å². The number of nitrogen functional groups attached to an aromatic ring is 1. The Bertz CT molecular complexity index is 492. The van der Waals surface area contributed by atoms with Gasteiger partial charge < -0.3 is 15.7 Å². The van der Waals surface area contributed by atoms with Gasteiger partial charge in [-0.15, -0.1) is 12.4 Å². The second-order valence-electron chi connectivity index (χ2n) is 4.63. The monoisotopic (exact) mass is 310 g/mol. The zero-order valence-corrected chi connectivity index (χ0v) is 11.2. The lowest BCUT2D eigenvalue weighted by molar-refractivity contribution is -0.253. The summed E-state index contributed by atoms with van der Waals surface area (Å²) in [7, 11) is 0. The molecule has 2 rings (SSSR count). The molecular formula is C12H14ClF3N2O2. The zero-order chi connectivity index (χ0) is 14.3. The van der Waals surface area contributed by atoms with Gasteiger partial charge >= 0.3 is 6.18 Å². The van der Waals surface area contributed by atoms with Gasteiger partial charge in [0.2, 0.25) is 0 Å². The molecule has 1 aliphatic rings. The molecule has 0 spiro atoms. The largest absolute Gasteiger partial charge is 0.419 e. The van der Waals surface area contributed by atoms with Gasteiger partial charge in [0, 0.05) is 24.2 Å². The molecule has 1 amide bonds. The van der Waals surface area contributed by atoms with E-state index in [4.69, 9.17) is 5.73 Å². The van der Waals surface area contributed by atoms with Gasteiger partial charge in [-0.3, -0.25) is 4.79 Å². The van der Waals surface area contributed by atoms with Gasteiger partial charge in [0.05, 0.1) is 6.54 Å². The lowest BCUT2D eigenvalue weighted by atomic mass is 10.0. The predicted molar refractivity (Wildman–Crippen MR) is 69.6 cm³/mol. The van der Waals surface area contributed by atoms with Gasteiger partial charge in [0.15, 0.2) is 5.60 Å². The summed E-state index contributed by atoms with van der Waals surface area (Å²) in [5.41, 5.74) is 3.37. The summed E-state index contributed by atoms with van der Waals surface area (Å²) in [6.45, 7) is -0.862. The Kier molecular flexibility index (Phi) is 4.55. The normalized spacial score (nSPS) is 22.5. The van der Waals surface area contributed by atoms with Crippen LogP contribution in [0.2, 0.25) is 0 Å². The van der Waals surface area contributed by atoms with Crippen LogP contribution in [-0.2, 0) is 0 Å². The molecule has 8 heteroatoms. The topological polar surface area (TPSA) is 66.6 Å². The molecule has 1 unspecified atom stereocenters. The fraction of sp³-hybridized carbons (Fsp3) is 0.417. The highest BCUT2D eigenvalue weighted by Crippen LogP contribution is 2.37. The van der Waals surface area contributed by atoms with Gasteiger partial charge in [-0.2, -0.15) is 13.2 Å². The predicted octanol–water partition coefficient (Wildman–Crippen LogP) is 1.83. The number of amides is 1. The molecule has 1 heterocycles. The second-order valence-corrected chi connectivity index (χ2v) is 4.63. The maximum atomic E-state index is 12.6. The minimum Gasteiger partial charge on any atom is -0.399 e. The Balaban J connectivity index is 0.00000200. The van der Waals surface area contributed by atoms with Gasteiger partial charge in [-0.1, -0.05) is 0 Å². The molecular weight excluding hydrogens is 297 g/mol. The van der Waals surface area contributed by atoms with Crippen molar-refractivity contribution in [2.45, 2.75) is 18.2 Å². The number of nitrogens with zero attached hydrogens (tertiary/aromatic N) is 1. The first-order valence-electron chi connectivity index (χ1n) is 5.67. The maximum absolute atomic E-state index is 12.6. The van der Waals surface area contributed by atoms with Crippen LogP contribution < -0.4 is 5.73 Å². The van der Waals surface area contributed by atoms with E-state index >= 15 is 0 Å². The standard InChI is InChI=1S/C12H13F3N2O2.ClH/c13-12(14,15)11(19)5-6-17(7-11)10(18)8-1-3-9(16)4-2-8;/h1-4,19H,5-7,16H2;1H. The Hall–Kier alpha value is -1.47. The molecule has 4 nitrogen and oxygen atoms in total. The van der Waals surface area contributed by atoms with Crippen LogP contribution in [0.1, 0.15) is 16.8 Å². The molecule has 1 saturated heterocycles. The van der Waals surface area contributed by atoms with E-state index in [0.29, 0.717) is 5.69 Å². The van der Waals surface area contributed by atoms with E-state index in [2.05, 4.69) is 0 Å². The first-order valence-corrected chi connectivity index (χ1v) is 5.67. The van der Waals surface area contributed by atoms with E-state index in [0.717, 1.165) is 4.90 Å². The van der Waals surface area contributed by atoms with Crippen LogP contribution in [0.3, 0.4) is 0 Å². The molecule has 0 aromatic heterocycles. The summed E-state index contributed by atoms with van der Waals surface area (Å²) in [6.07, 6.45) is -5.24. The van der Waals surface area contributed by atoms with Crippen LogP contribution >= 0.6 is 12.4 Å². The fourth-order valence-corrected chi connectivity index (χ4v) is 2.01. The van der Waals surface area contributed by atoms with Crippen LogP contribution in [-0.4, -0.2) is 40.8 Å². The summed E-state index contributed by atoms with van der Waals surface area (Å²) in [5, 5.41) is 9.50. The average Bonchev–Trinajstić information content (AvgIpc) is 2.73. The van der Waals surface area contributed by atoms with Crippen LogP contribution in [0, 0.1) is 0 Å². The highest BCUT2D eigenvalue weighted by Gasteiger charge is 2.57. The second kappa shape index (κ2) is 5.49. The quantitative estimate of drug-likeness (QED) is 0.778. The fourth-order valence-electron chi connectivity index (χ4n) is 2.01. The van der Waals surface area contributed by atoms with E-state index in [1.54, 1.807) is 0 Å². The Morgan fingerprint density at radius 3 is 2.30 bits per heavy atom. The number of anilines is 1. The Morgan fingerprint density at radius 1 is 1.30 bits per heavy atom. The van der Waals surface area contributed by atoms with Crippen molar-refractivity contribution < 1.29 is 23.1 Å². The molecule has 20 heavy (non-hydrogen) atoms. The molecule has 0 radical (unpaired) electrons. The highest BCUT2D eigenvalue weighted by molar-refractivity contribution is 5.94.